The Balaban J connectivity index is 2.56. The summed E-state index contributed by atoms with van der Waals surface area (Å²) in [7, 11) is 0. The van der Waals surface area contributed by atoms with Crippen LogP contribution >= 0.6 is 0 Å². The van der Waals surface area contributed by atoms with Crippen molar-refractivity contribution in [3.8, 4) is 0 Å². The highest BCUT2D eigenvalue weighted by atomic mass is 16.4. The Morgan fingerprint density at radius 1 is 1.44 bits per heavy atom. The second kappa shape index (κ2) is 6.50. The molecule has 1 rings (SSSR count). The van der Waals surface area contributed by atoms with Crippen LogP contribution in [0.3, 0.4) is 0 Å². The van der Waals surface area contributed by atoms with Gasteiger partial charge in [-0.25, -0.2) is 4.79 Å². The number of rotatable bonds is 6. The third-order valence-corrected chi connectivity index (χ3v) is 3.65. The van der Waals surface area contributed by atoms with Crippen molar-refractivity contribution in [2.45, 2.75) is 45.3 Å². The number of carbonyl (C=O) groups is 1. The SMILES string of the molecule is CC(C)N(CC1CCNCC1)CC(C)(O)C(=O)O. The maximum atomic E-state index is 11.0. The van der Waals surface area contributed by atoms with E-state index < -0.39 is 11.6 Å². The van der Waals surface area contributed by atoms with E-state index in [-0.39, 0.29) is 12.6 Å². The van der Waals surface area contributed by atoms with Gasteiger partial charge in [-0.05, 0) is 52.6 Å². The van der Waals surface area contributed by atoms with E-state index in [1.54, 1.807) is 0 Å². The zero-order valence-electron chi connectivity index (χ0n) is 11.6. The molecule has 0 aromatic carbocycles. The number of carboxylic acid groups (broad SMARTS) is 1. The first-order chi connectivity index (χ1) is 8.33. The zero-order chi connectivity index (χ0) is 13.8. The molecule has 1 saturated heterocycles. The smallest absolute Gasteiger partial charge is 0.336 e. The summed E-state index contributed by atoms with van der Waals surface area (Å²) in [5, 5.41) is 22.2. The maximum absolute atomic E-state index is 11.0. The summed E-state index contributed by atoms with van der Waals surface area (Å²) < 4.78 is 0. The molecule has 3 N–H and O–H groups in total. The summed E-state index contributed by atoms with van der Waals surface area (Å²) in [5.74, 6) is -0.559. The van der Waals surface area contributed by atoms with Crippen LogP contribution in [0.4, 0.5) is 0 Å². The molecule has 1 heterocycles. The Kier molecular flexibility index (Phi) is 5.56. The lowest BCUT2D eigenvalue weighted by molar-refractivity contribution is -0.159. The Labute approximate surface area is 109 Å². The van der Waals surface area contributed by atoms with E-state index in [4.69, 9.17) is 5.11 Å². The maximum Gasteiger partial charge on any atom is 0.336 e. The fourth-order valence-electron chi connectivity index (χ4n) is 2.32. The quantitative estimate of drug-likeness (QED) is 0.648. The molecule has 1 aliphatic heterocycles. The van der Waals surface area contributed by atoms with Gasteiger partial charge in [0.15, 0.2) is 5.60 Å². The summed E-state index contributed by atoms with van der Waals surface area (Å²) in [6.07, 6.45) is 2.25. The number of piperidine rings is 1. The standard InChI is InChI=1S/C13H26N2O3/c1-10(2)15(9-13(3,18)12(16)17)8-11-4-6-14-7-5-11/h10-11,14,18H,4-9H2,1-3H3,(H,16,17). The largest absolute Gasteiger partial charge is 0.479 e. The topological polar surface area (TPSA) is 72.8 Å². The highest BCUT2D eigenvalue weighted by molar-refractivity contribution is 5.76. The third kappa shape index (κ3) is 4.55. The van der Waals surface area contributed by atoms with Crippen LogP contribution in [-0.4, -0.2) is 58.9 Å². The third-order valence-electron chi connectivity index (χ3n) is 3.65. The van der Waals surface area contributed by atoms with Crippen molar-refractivity contribution in [2.24, 2.45) is 5.92 Å². The molecule has 5 nitrogen and oxygen atoms in total. The average Bonchev–Trinajstić information content (AvgIpc) is 2.29. The molecule has 1 aliphatic rings. The first-order valence-electron chi connectivity index (χ1n) is 6.73. The van der Waals surface area contributed by atoms with Gasteiger partial charge in [-0.1, -0.05) is 0 Å². The summed E-state index contributed by atoms with van der Waals surface area (Å²) in [6, 6.07) is 0.241. The lowest BCUT2D eigenvalue weighted by Gasteiger charge is -2.35. The summed E-state index contributed by atoms with van der Waals surface area (Å²) >= 11 is 0. The van der Waals surface area contributed by atoms with Gasteiger partial charge in [0.05, 0.1) is 0 Å². The van der Waals surface area contributed by atoms with Gasteiger partial charge >= 0.3 is 5.97 Å². The lowest BCUT2D eigenvalue weighted by Crippen LogP contribution is -2.50. The lowest BCUT2D eigenvalue weighted by atomic mass is 9.96. The van der Waals surface area contributed by atoms with Gasteiger partial charge in [0, 0.05) is 19.1 Å². The van der Waals surface area contributed by atoms with Crippen molar-refractivity contribution in [2.75, 3.05) is 26.2 Å². The molecule has 0 amide bonds. The predicted molar refractivity (Wildman–Crippen MR) is 70.6 cm³/mol. The van der Waals surface area contributed by atoms with E-state index in [2.05, 4.69) is 10.2 Å². The zero-order valence-corrected chi connectivity index (χ0v) is 11.6. The van der Waals surface area contributed by atoms with E-state index in [0.29, 0.717) is 5.92 Å². The Bertz CT molecular complexity index is 273. The average molecular weight is 258 g/mol. The van der Waals surface area contributed by atoms with Gasteiger partial charge < -0.3 is 15.5 Å². The van der Waals surface area contributed by atoms with Crippen molar-refractivity contribution in [1.82, 2.24) is 10.2 Å². The predicted octanol–water partition coefficient (Wildman–Crippen LogP) is 0.532. The van der Waals surface area contributed by atoms with Crippen molar-refractivity contribution >= 4 is 5.97 Å². The number of carboxylic acids is 1. The van der Waals surface area contributed by atoms with Crippen LogP contribution in [-0.2, 0) is 4.79 Å². The molecule has 0 spiro atoms. The molecule has 1 unspecified atom stereocenters. The van der Waals surface area contributed by atoms with Crippen molar-refractivity contribution < 1.29 is 15.0 Å². The highest BCUT2D eigenvalue weighted by Gasteiger charge is 2.33. The van der Waals surface area contributed by atoms with Crippen molar-refractivity contribution in [1.29, 1.82) is 0 Å². The molecule has 0 saturated carbocycles. The number of hydrogen-bond donors (Lipinski definition) is 3. The second-order valence-corrected chi connectivity index (χ2v) is 5.80. The minimum Gasteiger partial charge on any atom is -0.479 e. The van der Waals surface area contributed by atoms with Gasteiger partial charge in [-0.3, -0.25) is 4.90 Å². The van der Waals surface area contributed by atoms with Gasteiger partial charge in [-0.15, -0.1) is 0 Å². The molecule has 0 aliphatic carbocycles. The molecule has 18 heavy (non-hydrogen) atoms. The van der Waals surface area contributed by atoms with Crippen LogP contribution in [0.5, 0.6) is 0 Å². The van der Waals surface area contributed by atoms with Crippen LogP contribution in [0.2, 0.25) is 0 Å². The minimum absolute atomic E-state index is 0.184. The van der Waals surface area contributed by atoms with Gasteiger partial charge in [0.2, 0.25) is 0 Å². The molecular formula is C13H26N2O3. The van der Waals surface area contributed by atoms with Crippen molar-refractivity contribution in [3.63, 3.8) is 0 Å². The summed E-state index contributed by atoms with van der Waals surface area (Å²) in [4.78, 5) is 13.1. The molecule has 106 valence electrons. The number of nitrogens with zero attached hydrogens (tertiary/aromatic N) is 1. The van der Waals surface area contributed by atoms with E-state index in [9.17, 15) is 9.90 Å². The second-order valence-electron chi connectivity index (χ2n) is 5.80. The van der Waals surface area contributed by atoms with Gasteiger partial charge in [0.25, 0.3) is 0 Å². The monoisotopic (exact) mass is 258 g/mol. The first kappa shape index (κ1) is 15.4. The number of hydrogen-bond acceptors (Lipinski definition) is 4. The van der Waals surface area contributed by atoms with Gasteiger partial charge in [0.1, 0.15) is 0 Å². The molecule has 1 atom stereocenters. The van der Waals surface area contributed by atoms with E-state index in [1.807, 2.05) is 13.8 Å². The molecule has 1 fully saturated rings. The van der Waals surface area contributed by atoms with Crippen molar-refractivity contribution in [3.05, 3.63) is 0 Å². The molecule has 0 radical (unpaired) electrons. The van der Waals surface area contributed by atoms with E-state index in [0.717, 1.165) is 32.5 Å². The van der Waals surface area contributed by atoms with Crippen LogP contribution in [0.25, 0.3) is 0 Å². The molecular weight excluding hydrogens is 232 g/mol. The normalized spacial score (nSPS) is 21.2. The van der Waals surface area contributed by atoms with Crippen LogP contribution in [0.15, 0.2) is 0 Å². The fourth-order valence-corrected chi connectivity index (χ4v) is 2.32. The Morgan fingerprint density at radius 2 is 2.00 bits per heavy atom. The van der Waals surface area contributed by atoms with Gasteiger partial charge in [-0.2, -0.15) is 0 Å². The highest BCUT2D eigenvalue weighted by Crippen LogP contribution is 2.17. The molecule has 5 heteroatoms. The number of aliphatic hydroxyl groups is 1. The fraction of sp³-hybridized carbons (Fsp3) is 0.923. The van der Waals surface area contributed by atoms with Crippen LogP contribution in [0.1, 0.15) is 33.6 Å². The Morgan fingerprint density at radius 3 is 2.44 bits per heavy atom. The Hall–Kier alpha value is -0.650. The number of nitrogens with one attached hydrogen (secondary N) is 1. The molecule has 0 aromatic heterocycles. The van der Waals surface area contributed by atoms with Crippen LogP contribution < -0.4 is 5.32 Å². The molecule has 0 aromatic rings. The first-order valence-corrected chi connectivity index (χ1v) is 6.73. The molecule has 0 bridgehead atoms. The van der Waals surface area contributed by atoms with Crippen LogP contribution in [0, 0.1) is 5.92 Å². The van der Waals surface area contributed by atoms with E-state index >= 15 is 0 Å². The van der Waals surface area contributed by atoms with E-state index in [1.165, 1.54) is 6.92 Å². The number of aliphatic carboxylic acids is 1. The summed E-state index contributed by atoms with van der Waals surface area (Å²) in [6.45, 7) is 8.57. The minimum atomic E-state index is -1.67. The summed E-state index contributed by atoms with van der Waals surface area (Å²) in [5.41, 5.74) is -1.67.